The number of rotatable bonds is 3. The summed E-state index contributed by atoms with van der Waals surface area (Å²) in [6, 6.07) is 10.2. The van der Waals surface area contributed by atoms with Gasteiger partial charge in [-0.2, -0.15) is 5.10 Å². The molecule has 0 saturated carbocycles. The molecule has 5 heteroatoms. The van der Waals surface area contributed by atoms with Crippen LogP contribution in [0.3, 0.4) is 0 Å². The predicted molar refractivity (Wildman–Crippen MR) is 76.1 cm³/mol. The van der Waals surface area contributed by atoms with Crippen molar-refractivity contribution >= 4 is 21.4 Å². The van der Waals surface area contributed by atoms with Crippen molar-refractivity contribution < 1.29 is 5.11 Å². The number of hydrogen-bond donors (Lipinski definition) is 1. The second kappa shape index (κ2) is 4.43. The second-order valence-electron chi connectivity index (χ2n) is 4.90. The first kappa shape index (κ1) is 12.3. The van der Waals surface area contributed by atoms with E-state index in [0.717, 1.165) is 10.7 Å². The molecule has 0 aliphatic rings. The van der Waals surface area contributed by atoms with E-state index in [1.54, 1.807) is 16.0 Å². The van der Waals surface area contributed by atoms with Gasteiger partial charge in [-0.1, -0.05) is 18.2 Å². The SMILES string of the molecule is Cn1ncnc1CC(C)(O)c1cc2ccccc2s1. The third kappa shape index (κ3) is 2.27. The molecule has 3 rings (SSSR count). The molecule has 1 N–H and O–H groups in total. The minimum absolute atomic E-state index is 0.455. The molecule has 0 saturated heterocycles. The Bertz CT molecular complexity index is 681. The largest absolute Gasteiger partial charge is 0.384 e. The zero-order chi connectivity index (χ0) is 13.5. The number of aliphatic hydroxyl groups is 1. The molecule has 0 fully saturated rings. The van der Waals surface area contributed by atoms with E-state index >= 15 is 0 Å². The number of nitrogens with zero attached hydrogens (tertiary/aromatic N) is 3. The van der Waals surface area contributed by atoms with Gasteiger partial charge in [0.25, 0.3) is 0 Å². The molecular formula is C14H15N3OS. The zero-order valence-corrected chi connectivity index (χ0v) is 11.7. The highest BCUT2D eigenvalue weighted by atomic mass is 32.1. The average Bonchev–Trinajstić information content (AvgIpc) is 2.96. The number of aromatic nitrogens is 3. The topological polar surface area (TPSA) is 50.9 Å². The van der Waals surface area contributed by atoms with Crippen LogP contribution in [0.25, 0.3) is 10.1 Å². The van der Waals surface area contributed by atoms with Crippen molar-refractivity contribution in [3.8, 4) is 0 Å². The molecule has 3 aromatic rings. The number of fused-ring (bicyclic) bond motifs is 1. The minimum atomic E-state index is -0.926. The Balaban J connectivity index is 1.97. The fourth-order valence-electron chi connectivity index (χ4n) is 2.12. The first-order valence-corrected chi connectivity index (χ1v) is 6.92. The lowest BCUT2D eigenvalue weighted by Crippen LogP contribution is -2.24. The Kier molecular flexibility index (Phi) is 2.88. The molecule has 0 radical (unpaired) electrons. The van der Waals surface area contributed by atoms with Gasteiger partial charge in [-0.25, -0.2) is 4.98 Å². The van der Waals surface area contributed by atoms with Gasteiger partial charge in [0, 0.05) is 23.0 Å². The highest BCUT2D eigenvalue weighted by molar-refractivity contribution is 7.19. The fourth-order valence-corrected chi connectivity index (χ4v) is 3.23. The van der Waals surface area contributed by atoms with Crippen LogP contribution in [-0.2, 0) is 19.1 Å². The molecule has 0 aliphatic heterocycles. The number of benzene rings is 1. The summed E-state index contributed by atoms with van der Waals surface area (Å²) in [5.41, 5.74) is -0.926. The Labute approximate surface area is 115 Å². The van der Waals surface area contributed by atoms with Crippen molar-refractivity contribution in [2.75, 3.05) is 0 Å². The predicted octanol–water partition coefficient (Wildman–Crippen LogP) is 2.48. The quantitative estimate of drug-likeness (QED) is 0.797. The highest BCUT2D eigenvalue weighted by Crippen LogP contribution is 2.34. The second-order valence-corrected chi connectivity index (χ2v) is 5.98. The van der Waals surface area contributed by atoms with Gasteiger partial charge >= 0.3 is 0 Å². The van der Waals surface area contributed by atoms with E-state index < -0.39 is 5.60 Å². The Hall–Kier alpha value is -1.72. The lowest BCUT2D eigenvalue weighted by Gasteiger charge is -2.20. The van der Waals surface area contributed by atoms with Gasteiger partial charge in [-0.3, -0.25) is 4.68 Å². The Morgan fingerprint density at radius 1 is 1.37 bits per heavy atom. The maximum Gasteiger partial charge on any atom is 0.138 e. The molecule has 0 spiro atoms. The van der Waals surface area contributed by atoms with Gasteiger partial charge in [-0.05, 0) is 24.4 Å². The monoisotopic (exact) mass is 273 g/mol. The summed E-state index contributed by atoms with van der Waals surface area (Å²) in [5, 5.41) is 15.9. The summed E-state index contributed by atoms with van der Waals surface area (Å²) in [6.45, 7) is 1.83. The van der Waals surface area contributed by atoms with Crippen LogP contribution in [0.2, 0.25) is 0 Å². The van der Waals surface area contributed by atoms with E-state index in [4.69, 9.17) is 0 Å². The van der Waals surface area contributed by atoms with Gasteiger partial charge in [0.2, 0.25) is 0 Å². The standard InChI is InChI=1S/C14H15N3OS/c1-14(18,8-13-15-9-16-17(13)2)12-7-10-5-3-4-6-11(10)19-12/h3-7,9,18H,8H2,1-2H3. The van der Waals surface area contributed by atoms with Crippen LogP contribution in [0.15, 0.2) is 36.7 Å². The number of hydrogen-bond acceptors (Lipinski definition) is 4. The van der Waals surface area contributed by atoms with Crippen LogP contribution >= 0.6 is 11.3 Å². The van der Waals surface area contributed by atoms with Crippen LogP contribution in [-0.4, -0.2) is 19.9 Å². The molecular weight excluding hydrogens is 258 g/mol. The molecule has 2 heterocycles. The van der Waals surface area contributed by atoms with E-state index in [-0.39, 0.29) is 0 Å². The van der Waals surface area contributed by atoms with E-state index in [1.165, 1.54) is 16.4 Å². The third-order valence-electron chi connectivity index (χ3n) is 3.26. The van der Waals surface area contributed by atoms with Crippen molar-refractivity contribution in [1.29, 1.82) is 0 Å². The average molecular weight is 273 g/mol. The van der Waals surface area contributed by atoms with Gasteiger partial charge in [-0.15, -0.1) is 11.3 Å². The first-order chi connectivity index (χ1) is 9.06. The molecule has 0 bridgehead atoms. The van der Waals surface area contributed by atoms with Crippen LogP contribution in [0.1, 0.15) is 17.6 Å². The molecule has 0 aliphatic carbocycles. The van der Waals surface area contributed by atoms with Crippen molar-refractivity contribution in [1.82, 2.24) is 14.8 Å². The summed E-state index contributed by atoms with van der Waals surface area (Å²) in [7, 11) is 1.84. The smallest absolute Gasteiger partial charge is 0.138 e. The Morgan fingerprint density at radius 2 is 2.16 bits per heavy atom. The summed E-state index contributed by atoms with van der Waals surface area (Å²) in [4.78, 5) is 5.13. The normalized spacial score (nSPS) is 14.7. The van der Waals surface area contributed by atoms with Crippen LogP contribution in [0.4, 0.5) is 0 Å². The van der Waals surface area contributed by atoms with Crippen LogP contribution in [0, 0.1) is 0 Å². The Morgan fingerprint density at radius 3 is 2.84 bits per heavy atom. The van der Waals surface area contributed by atoms with Crippen molar-refractivity contribution in [3.63, 3.8) is 0 Å². The molecule has 1 aromatic carbocycles. The summed E-state index contributed by atoms with van der Waals surface area (Å²) >= 11 is 1.62. The van der Waals surface area contributed by atoms with Gasteiger partial charge in [0.15, 0.2) is 0 Å². The highest BCUT2D eigenvalue weighted by Gasteiger charge is 2.27. The van der Waals surface area contributed by atoms with Crippen LogP contribution in [0.5, 0.6) is 0 Å². The van der Waals surface area contributed by atoms with Gasteiger partial charge < -0.3 is 5.11 Å². The molecule has 0 amide bonds. The summed E-state index contributed by atoms with van der Waals surface area (Å²) in [5.74, 6) is 0.780. The van der Waals surface area contributed by atoms with Crippen molar-refractivity contribution in [2.45, 2.75) is 18.9 Å². The summed E-state index contributed by atoms with van der Waals surface area (Å²) in [6.07, 6.45) is 1.96. The zero-order valence-electron chi connectivity index (χ0n) is 10.9. The minimum Gasteiger partial charge on any atom is -0.384 e. The third-order valence-corrected chi connectivity index (χ3v) is 4.63. The van der Waals surface area contributed by atoms with E-state index in [0.29, 0.717) is 6.42 Å². The van der Waals surface area contributed by atoms with Crippen LogP contribution < -0.4 is 0 Å². The molecule has 19 heavy (non-hydrogen) atoms. The van der Waals surface area contributed by atoms with Crippen molar-refractivity contribution in [2.24, 2.45) is 7.05 Å². The maximum absolute atomic E-state index is 10.7. The van der Waals surface area contributed by atoms with Gasteiger partial charge in [0.05, 0.1) is 0 Å². The fraction of sp³-hybridized carbons (Fsp3) is 0.286. The molecule has 2 aromatic heterocycles. The molecule has 98 valence electrons. The first-order valence-electron chi connectivity index (χ1n) is 6.10. The number of thiophene rings is 1. The summed E-state index contributed by atoms with van der Waals surface area (Å²) < 4.78 is 2.89. The van der Waals surface area contributed by atoms with Gasteiger partial charge in [0.1, 0.15) is 17.8 Å². The molecule has 1 unspecified atom stereocenters. The lowest BCUT2D eigenvalue weighted by atomic mass is 9.99. The lowest BCUT2D eigenvalue weighted by molar-refractivity contribution is 0.0584. The molecule has 1 atom stereocenters. The number of aryl methyl sites for hydroxylation is 1. The maximum atomic E-state index is 10.7. The van der Waals surface area contributed by atoms with E-state index in [1.807, 2.05) is 26.1 Å². The molecule has 4 nitrogen and oxygen atoms in total. The van der Waals surface area contributed by atoms with E-state index in [9.17, 15) is 5.11 Å². The van der Waals surface area contributed by atoms with Crippen molar-refractivity contribution in [3.05, 3.63) is 47.4 Å². The van der Waals surface area contributed by atoms with E-state index in [2.05, 4.69) is 28.3 Å².